The van der Waals surface area contributed by atoms with Gasteiger partial charge in [-0.1, -0.05) is 0 Å². The van der Waals surface area contributed by atoms with E-state index in [1.54, 1.807) is 21.7 Å². The third-order valence-electron chi connectivity index (χ3n) is 4.27. The molecular weight excluding hydrogens is 274 g/mol. The molecule has 0 aliphatic carbocycles. The van der Waals surface area contributed by atoms with Crippen molar-refractivity contribution >= 4 is 17.9 Å². The second-order valence-electron chi connectivity index (χ2n) is 5.91. The monoisotopic (exact) mass is 297 g/mol. The fraction of sp³-hybridized carbons (Fsp3) is 0.786. The van der Waals surface area contributed by atoms with Gasteiger partial charge in [-0.25, -0.2) is 4.79 Å². The Morgan fingerprint density at radius 1 is 1.24 bits per heavy atom. The number of hydrogen-bond donors (Lipinski definition) is 1. The summed E-state index contributed by atoms with van der Waals surface area (Å²) in [6, 6.07) is -0.0866. The van der Waals surface area contributed by atoms with Gasteiger partial charge in [0.15, 0.2) is 0 Å². The number of hydrogen-bond acceptors (Lipinski definition) is 3. The van der Waals surface area contributed by atoms with Gasteiger partial charge in [0.1, 0.15) is 6.54 Å². The molecule has 7 nitrogen and oxygen atoms in total. The Kier molecular flexibility index (Phi) is 5.03. The maximum absolute atomic E-state index is 12.5. The first-order chi connectivity index (χ1) is 9.97. The highest BCUT2D eigenvalue weighted by molar-refractivity contribution is 5.84. The second kappa shape index (κ2) is 6.78. The molecule has 7 heteroatoms. The maximum atomic E-state index is 12.5. The number of carbonyl (C=O) groups excluding carboxylic acids is 2. The van der Waals surface area contributed by atoms with Crippen LogP contribution in [0.1, 0.15) is 25.7 Å². The summed E-state index contributed by atoms with van der Waals surface area (Å²) < 4.78 is 0. The lowest BCUT2D eigenvalue weighted by Gasteiger charge is -2.26. The van der Waals surface area contributed by atoms with Gasteiger partial charge in [0.25, 0.3) is 0 Å². The van der Waals surface area contributed by atoms with Gasteiger partial charge in [-0.05, 0) is 25.2 Å². The predicted molar refractivity (Wildman–Crippen MR) is 75.8 cm³/mol. The van der Waals surface area contributed by atoms with Gasteiger partial charge in [-0.2, -0.15) is 0 Å². The molecule has 0 spiro atoms. The molecule has 2 aliphatic heterocycles. The smallest absolute Gasteiger partial charge is 0.320 e. The van der Waals surface area contributed by atoms with Gasteiger partial charge in [-0.15, -0.1) is 0 Å². The first kappa shape index (κ1) is 15.6. The summed E-state index contributed by atoms with van der Waals surface area (Å²) in [6.07, 6.45) is 2.41. The van der Waals surface area contributed by atoms with E-state index in [1.165, 1.54) is 0 Å². The van der Waals surface area contributed by atoms with E-state index >= 15 is 0 Å². The summed E-state index contributed by atoms with van der Waals surface area (Å²) in [5, 5.41) is 8.71. The largest absolute Gasteiger partial charge is 0.481 e. The first-order valence-corrected chi connectivity index (χ1v) is 7.47. The lowest BCUT2D eigenvalue weighted by Crippen LogP contribution is -2.45. The van der Waals surface area contributed by atoms with Crippen molar-refractivity contribution in [2.45, 2.75) is 25.7 Å². The van der Waals surface area contributed by atoms with Gasteiger partial charge >= 0.3 is 12.0 Å². The minimum Gasteiger partial charge on any atom is -0.481 e. The molecule has 2 rings (SSSR count). The van der Waals surface area contributed by atoms with Crippen LogP contribution in [0.15, 0.2) is 0 Å². The van der Waals surface area contributed by atoms with Crippen molar-refractivity contribution in [3.05, 3.63) is 0 Å². The van der Waals surface area contributed by atoms with E-state index < -0.39 is 5.97 Å². The van der Waals surface area contributed by atoms with Gasteiger partial charge in [0, 0.05) is 39.6 Å². The number of nitrogens with zero attached hydrogens (tertiary/aromatic N) is 3. The number of likely N-dealkylation sites (N-methyl/N-ethyl adjacent to an activating group) is 1. The van der Waals surface area contributed by atoms with Crippen LogP contribution in [0, 0.1) is 5.92 Å². The van der Waals surface area contributed by atoms with Crippen molar-refractivity contribution in [1.82, 2.24) is 14.7 Å². The van der Waals surface area contributed by atoms with Gasteiger partial charge in [-0.3, -0.25) is 9.59 Å². The van der Waals surface area contributed by atoms with Crippen LogP contribution in [0.2, 0.25) is 0 Å². The summed E-state index contributed by atoms with van der Waals surface area (Å²) in [5.41, 5.74) is 0. The molecular formula is C14H23N3O4. The highest BCUT2D eigenvalue weighted by Gasteiger charge is 2.31. The average molecular weight is 297 g/mol. The average Bonchev–Trinajstić information content (AvgIpc) is 2.85. The van der Waals surface area contributed by atoms with Crippen molar-refractivity contribution in [1.29, 1.82) is 0 Å². The van der Waals surface area contributed by atoms with Crippen LogP contribution in [0.5, 0.6) is 0 Å². The number of amides is 3. The van der Waals surface area contributed by atoms with Gasteiger partial charge in [0.05, 0.1) is 0 Å². The van der Waals surface area contributed by atoms with Crippen molar-refractivity contribution in [2.24, 2.45) is 5.92 Å². The Labute approximate surface area is 124 Å². The molecule has 0 aromatic heterocycles. The SMILES string of the molecule is CN1CCCN(C(=O)N2CCC(CCC(=O)O)C2)CC1=O. The zero-order valence-corrected chi connectivity index (χ0v) is 12.5. The van der Waals surface area contributed by atoms with E-state index in [0.29, 0.717) is 32.6 Å². The van der Waals surface area contributed by atoms with Gasteiger partial charge < -0.3 is 19.8 Å². The molecule has 0 aromatic rings. The number of rotatable bonds is 3. The molecule has 2 aliphatic rings. The number of likely N-dealkylation sites (tertiary alicyclic amines) is 1. The van der Waals surface area contributed by atoms with E-state index in [1.807, 2.05) is 0 Å². The van der Waals surface area contributed by atoms with Gasteiger partial charge in [0.2, 0.25) is 5.91 Å². The molecule has 1 atom stereocenters. The third kappa shape index (κ3) is 4.09. The Hall–Kier alpha value is -1.79. The summed E-state index contributed by atoms with van der Waals surface area (Å²) in [7, 11) is 1.76. The molecule has 0 aromatic carbocycles. The third-order valence-corrected chi connectivity index (χ3v) is 4.27. The van der Waals surface area contributed by atoms with Crippen LogP contribution < -0.4 is 0 Å². The highest BCUT2D eigenvalue weighted by atomic mass is 16.4. The van der Waals surface area contributed by atoms with Crippen molar-refractivity contribution in [3.8, 4) is 0 Å². The molecule has 2 fully saturated rings. The van der Waals surface area contributed by atoms with E-state index in [4.69, 9.17) is 5.11 Å². The van der Waals surface area contributed by atoms with E-state index in [2.05, 4.69) is 0 Å². The van der Waals surface area contributed by atoms with Crippen LogP contribution in [-0.2, 0) is 9.59 Å². The minimum atomic E-state index is -0.791. The zero-order chi connectivity index (χ0) is 15.4. The second-order valence-corrected chi connectivity index (χ2v) is 5.91. The fourth-order valence-electron chi connectivity index (χ4n) is 2.92. The Balaban J connectivity index is 1.86. The number of carbonyl (C=O) groups is 3. The molecule has 2 saturated heterocycles. The summed E-state index contributed by atoms with van der Waals surface area (Å²) >= 11 is 0. The molecule has 1 unspecified atom stereocenters. The zero-order valence-electron chi connectivity index (χ0n) is 12.5. The fourth-order valence-corrected chi connectivity index (χ4v) is 2.92. The molecule has 0 radical (unpaired) electrons. The van der Waals surface area contributed by atoms with Crippen LogP contribution >= 0.6 is 0 Å². The summed E-state index contributed by atoms with van der Waals surface area (Å²) in [6.45, 7) is 2.69. The quantitative estimate of drug-likeness (QED) is 0.820. The number of aliphatic carboxylic acids is 1. The van der Waals surface area contributed by atoms with E-state index in [9.17, 15) is 14.4 Å². The molecule has 2 heterocycles. The van der Waals surface area contributed by atoms with Crippen LogP contribution in [0.4, 0.5) is 4.79 Å². The first-order valence-electron chi connectivity index (χ1n) is 7.47. The molecule has 0 bridgehead atoms. The molecule has 21 heavy (non-hydrogen) atoms. The Morgan fingerprint density at radius 2 is 2.00 bits per heavy atom. The normalized spacial score (nSPS) is 23.4. The van der Waals surface area contributed by atoms with E-state index in [-0.39, 0.29) is 30.8 Å². The Bertz CT molecular complexity index is 426. The van der Waals surface area contributed by atoms with E-state index in [0.717, 1.165) is 12.8 Å². The van der Waals surface area contributed by atoms with Crippen LogP contribution in [0.25, 0.3) is 0 Å². The molecule has 118 valence electrons. The summed E-state index contributed by atoms with van der Waals surface area (Å²) in [4.78, 5) is 39.9. The topological polar surface area (TPSA) is 81.2 Å². The highest BCUT2D eigenvalue weighted by Crippen LogP contribution is 2.22. The van der Waals surface area contributed by atoms with Crippen molar-refractivity contribution < 1.29 is 19.5 Å². The molecule has 3 amide bonds. The maximum Gasteiger partial charge on any atom is 0.320 e. The number of urea groups is 1. The minimum absolute atomic E-state index is 0.0255. The number of carboxylic acid groups (broad SMARTS) is 1. The number of carboxylic acids is 1. The van der Waals surface area contributed by atoms with Crippen LogP contribution in [-0.4, -0.2) is 77.5 Å². The van der Waals surface area contributed by atoms with Crippen LogP contribution in [0.3, 0.4) is 0 Å². The van der Waals surface area contributed by atoms with Crippen molar-refractivity contribution in [3.63, 3.8) is 0 Å². The standard InChI is InChI=1S/C14H23N3O4/c1-15-6-2-7-16(10-12(15)18)14(21)17-8-5-11(9-17)3-4-13(19)20/h11H,2-10H2,1H3,(H,19,20). The predicted octanol–water partition coefficient (Wildman–Crippen LogP) is 0.457. The molecule has 0 saturated carbocycles. The Morgan fingerprint density at radius 3 is 2.71 bits per heavy atom. The molecule has 1 N–H and O–H groups in total. The van der Waals surface area contributed by atoms with Crippen molar-refractivity contribution in [2.75, 3.05) is 39.8 Å². The lowest BCUT2D eigenvalue weighted by atomic mass is 10.0. The lowest BCUT2D eigenvalue weighted by molar-refractivity contribution is -0.137. The summed E-state index contributed by atoms with van der Waals surface area (Å²) in [5.74, 6) is -0.557.